The van der Waals surface area contributed by atoms with Gasteiger partial charge in [-0.1, -0.05) is 165 Å². The zero-order valence-electron chi connectivity index (χ0n) is 31.9. The van der Waals surface area contributed by atoms with Crippen LogP contribution >= 0.6 is 0 Å². The molecule has 0 bridgehead atoms. The fraction of sp³-hybridized carbons (Fsp3) is 0.0556. The largest absolute Gasteiger partial charge is 0.456 e. The van der Waals surface area contributed by atoms with Crippen molar-refractivity contribution in [3.8, 4) is 33.4 Å². The molecule has 0 fully saturated rings. The first-order chi connectivity index (χ1) is 27.4. The summed E-state index contributed by atoms with van der Waals surface area (Å²) in [6, 6.07) is 55.7. The molecule has 56 heavy (non-hydrogen) atoms. The zero-order chi connectivity index (χ0) is 38.6. The molecule has 0 aliphatic carbocycles. The number of furan rings is 1. The van der Waals surface area contributed by atoms with Crippen molar-refractivity contribution in [3.63, 3.8) is 0 Å². The third-order valence-electron chi connectivity index (χ3n) is 10.6. The van der Waals surface area contributed by atoms with Gasteiger partial charge in [-0.25, -0.2) is 0 Å². The van der Waals surface area contributed by atoms with Gasteiger partial charge in [0.25, 0.3) is 0 Å². The highest BCUT2D eigenvalue weighted by Crippen LogP contribution is 2.41. The number of aliphatic imine (C=N–C) groups is 1. The lowest BCUT2D eigenvalue weighted by Gasteiger charge is -2.21. The molecule has 0 N–H and O–H groups in total. The third-order valence-corrected chi connectivity index (χ3v) is 10.6. The summed E-state index contributed by atoms with van der Waals surface area (Å²) in [5.41, 5.74) is 17.3. The molecule has 1 unspecified atom stereocenters. The average Bonchev–Trinajstić information content (AvgIpc) is 3.62. The molecule has 2 heteroatoms. The SMILES string of the molecule is C=C/C=C(\C=C)c1ccc(C(C=C)=NC(c2ccccc2)c2ccc(-c3ccc4oc5ccccc5c4c3)cc2-c2ccc(C)c(-c3ccccc3C)c2)cc1. The molecule has 1 aromatic heterocycles. The Balaban J connectivity index is 1.33. The fourth-order valence-corrected chi connectivity index (χ4v) is 7.67. The molecule has 0 aliphatic heterocycles. The lowest BCUT2D eigenvalue weighted by molar-refractivity contribution is 0.669. The van der Waals surface area contributed by atoms with Gasteiger partial charge in [0.05, 0.1) is 5.71 Å². The summed E-state index contributed by atoms with van der Waals surface area (Å²) < 4.78 is 6.20. The predicted octanol–water partition coefficient (Wildman–Crippen LogP) is 14.7. The number of benzene rings is 7. The number of hydrogen-bond acceptors (Lipinski definition) is 2. The maximum atomic E-state index is 6.20. The summed E-state index contributed by atoms with van der Waals surface area (Å²) in [5, 5.41) is 2.22. The molecule has 2 nitrogen and oxygen atoms in total. The van der Waals surface area contributed by atoms with Crippen LogP contribution in [0.5, 0.6) is 0 Å². The van der Waals surface area contributed by atoms with Crippen LogP contribution in [0.15, 0.2) is 211 Å². The highest BCUT2D eigenvalue weighted by molar-refractivity contribution is 6.09. The number of nitrogens with zero attached hydrogens (tertiary/aromatic N) is 1. The van der Waals surface area contributed by atoms with Crippen LogP contribution in [-0.2, 0) is 0 Å². The second-order valence-corrected chi connectivity index (χ2v) is 14.1. The lowest BCUT2D eigenvalue weighted by Crippen LogP contribution is -2.06. The highest BCUT2D eigenvalue weighted by Gasteiger charge is 2.21. The third kappa shape index (κ3) is 7.01. The minimum Gasteiger partial charge on any atom is -0.456 e. The van der Waals surface area contributed by atoms with E-state index in [0.29, 0.717) is 0 Å². The van der Waals surface area contributed by atoms with Crippen LogP contribution in [0, 0.1) is 13.8 Å². The van der Waals surface area contributed by atoms with E-state index in [9.17, 15) is 0 Å². The maximum absolute atomic E-state index is 6.20. The zero-order valence-corrected chi connectivity index (χ0v) is 31.9. The number of para-hydroxylation sites is 1. The fourth-order valence-electron chi connectivity index (χ4n) is 7.67. The number of allylic oxidation sites excluding steroid dienone is 5. The molecular weight excluding hydrogens is 679 g/mol. The number of fused-ring (bicyclic) bond motifs is 3. The van der Waals surface area contributed by atoms with Crippen molar-refractivity contribution in [1.82, 2.24) is 0 Å². The van der Waals surface area contributed by atoms with Crippen LogP contribution in [-0.4, -0.2) is 5.71 Å². The molecule has 270 valence electrons. The van der Waals surface area contributed by atoms with Crippen molar-refractivity contribution < 1.29 is 4.42 Å². The standard InChI is InChI=1S/C54H43NO/c1-6-16-38(7-2)39-25-27-40(28-26-39)51(8-3)55-54(41-18-10-9-11-19-41)47-31-29-42(43-30-32-53-50(34-43)46-21-14-15-22-52(46)56-53)33-49(47)44-24-23-37(5)48(35-44)45-20-13-12-17-36(45)4/h6-35,54H,1-3H2,4-5H3/b38-16+,55-51?. The predicted molar refractivity (Wildman–Crippen MR) is 239 cm³/mol. The van der Waals surface area contributed by atoms with Gasteiger partial charge in [0.15, 0.2) is 0 Å². The molecular formula is C54H43NO. The Hall–Kier alpha value is -7.03. The van der Waals surface area contributed by atoms with E-state index >= 15 is 0 Å². The minimum absolute atomic E-state index is 0.319. The van der Waals surface area contributed by atoms with E-state index in [2.05, 4.69) is 179 Å². The summed E-state index contributed by atoms with van der Waals surface area (Å²) in [5.74, 6) is 0. The van der Waals surface area contributed by atoms with Gasteiger partial charge < -0.3 is 4.42 Å². The first-order valence-electron chi connectivity index (χ1n) is 19.0. The molecule has 7 aromatic carbocycles. The van der Waals surface area contributed by atoms with Gasteiger partial charge >= 0.3 is 0 Å². The molecule has 0 spiro atoms. The Kier molecular flexibility index (Phi) is 10.1. The van der Waals surface area contributed by atoms with Gasteiger partial charge in [0, 0.05) is 10.8 Å². The van der Waals surface area contributed by atoms with Crippen molar-refractivity contribution in [2.45, 2.75) is 19.9 Å². The number of hydrogen-bond donors (Lipinski definition) is 0. The van der Waals surface area contributed by atoms with E-state index in [1.807, 2.05) is 30.4 Å². The molecule has 0 radical (unpaired) electrons. The van der Waals surface area contributed by atoms with E-state index in [4.69, 9.17) is 9.41 Å². The monoisotopic (exact) mass is 721 g/mol. The molecule has 1 atom stereocenters. The Morgan fingerprint density at radius 2 is 1.18 bits per heavy atom. The maximum Gasteiger partial charge on any atom is 0.135 e. The lowest BCUT2D eigenvalue weighted by atomic mass is 9.86. The average molecular weight is 722 g/mol. The molecule has 8 aromatic rings. The van der Waals surface area contributed by atoms with Crippen molar-refractivity contribution in [2.75, 3.05) is 0 Å². The summed E-state index contributed by atoms with van der Waals surface area (Å²) >= 11 is 0. The van der Waals surface area contributed by atoms with Crippen molar-refractivity contribution in [3.05, 3.63) is 235 Å². The topological polar surface area (TPSA) is 25.5 Å². The van der Waals surface area contributed by atoms with Crippen molar-refractivity contribution >= 4 is 33.2 Å². The van der Waals surface area contributed by atoms with Gasteiger partial charge in [-0.05, 0) is 123 Å². The molecule has 1 heterocycles. The Bertz CT molecular complexity index is 2810. The Labute approximate surface area is 329 Å². The van der Waals surface area contributed by atoms with Crippen LogP contribution < -0.4 is 0 Å². The van der Waals surface area contributed by atoms with Gasteiger partial charge in [-0.3, -0.25) is 4.99 Å². The Morgan fingerprint density at radius 1 is 0.536 bits per heavy atom. The molecule has 0 saturated carbocycles. The summed E-state index contributed by atoms with van der Waals surface area (Å²) in [4.78, 5) is 5.54. The number of rotatable bonds is 11. The van der Waals surface area contributed by atoms with Crippen LogP contribution in [0.2, 0.25) is 0 Å². The minimum atomic E-state index is -0.319. The van der Waals surface area contributed by atoms with Crippen LogP contribution in [0.4, 0.5) is 0 Å². The van der Waals surface area contributed by atoms with E-state index in [1.165, 1.54) is 22.3 Å². The molecule has 0 aliphatic rings. The molecule has 0 saturated heterocycles. The van der Waals surface area contributed by atoms with Crippen LogP contribution in [0.3, 0.4) is 0 Å². The second-order valence-electron chi connectivity index (χ2n) is 14.1. The van der Waals surface area contributed by atoms with Crippen molar-refractivity contribution in [2.24, 2.45) is 4.99 Å². The second kappa shape index (κ2) is 15.8. The van der Waals surface area contributed by atoms with Gasteiger partial charge in [0.2, 0.25) is 0 Å². The van der Waals surface area contributed by atoms with E-state index < -0.39 is 0 Å². The van der Waals surface area contributed by atoms with E-state index in [0.717, 1.165) is 77.7 Å². The first kappa shape index (κ1) is 36.0. The van der Waals surface area contributed by atoms with E-state index in [-0.39, 0.29) is 6.04 Å². The first-order valence-corrected chi connectivity index (χ1v) is 19.0. The van der Waals surface area contributed by atoms with Crippen LogP contribution in [0.25, 0.3) is 60.9 Å². The molecule has 0 amide bonds. The Morgan fingerprint density at radius 3 is 1.95 bits per heavy atom. The quantitative estimate of drug-likeness (QED) is 0.0964. The van der Waals surface area contributed by atoms with Crippen LogP contribution in [0.1, 0.15) is 39.4 Å². The van der Waals surface area contributed by atoms with Crippen molar-refractivity contribution in [1.29, 1.82) is 0 Å². The highest BCUT2D eigenvalue weighted by atomic mass is 16.3. The summed E-state index contributed by atoms with van der Waals surface area (Å²) in [6.45, 7) is 16.5. The van der Waals surface area contributed by atoms with Gasteiger partial charge in [-0.15, -0.1) is 0 Å². The molecule has 8 rings (SSSR count). The summed E-state index contributed by atoms with van der Waals surface area (Å²) in [7, 11) is 0. The van der Waals surface area contributed by atoms with Gasteiger partial charge in [-0.2, -0.15) is 0 Å². The van der Waals surface area contributed by atoms with E-state index in [1.54, 1.807) is 6.08 Å². The van der Waals surface area contributed by atoms with Gasteiger partial charge in [0.1, 0.15) is 17.2 Å². The smallest absolute Gasteiger partial charge is 0.135 e. The number of aryl methyl sites for hydroxylation is 2. The normalized spacial score (nSPS) is 12.5. The summed E-state index contributed by atoms with van der Waals surface area (Å²) in [6.07, 6.45) is 7.46.